The maximum absolute atomic E-state index is 12.6. The summed E-state index contributed by atoms with van der Waals surface area (Å²) in [6.07, 6.45) is 12.2. The minimum absolute atomic E-state index is 0.316. The Morgan fingerprint density at radius 2 is 1.23 bits per heavy atom. The van der Waals surface area contributed by atoms with Crippen LogP contribution < -0.4 is 10.9 Å². The molecular formula is C34H47N3O6. The van der Waals surface area contributed by atoms with Gasteiger partial charge in [0.1, 0.15) is 0 Å². The Balaban J connectivity index is 1.13. The van der Waals surface area contributed by atoms with Crippen LogP contribution in [0.15, 0.2) is 48.5 Å². The number of amides is 2. The van der Waals surface area contributed by atoms with Gasteiger partial charge in [-0.2, -0.15) is 0 Å². The summed E-state index contributed by atoms with van der Waals surface area (Å²) in [6, 6.07) is 14.4. The topological polar surface area (TPSA) is 106 Å². The predicted molar refractivity (Wildman–Crippen MR) is 165 cm³/mol. The van der Waals surface area contributed by atoms with Crippen molar-refractivity contribution in [1.82, 2.24) is 15.8 Å². The van der Waals surface area contributed by atoms with Crippen LogP contribution in [0.4, 0.5) is 0 Å². The number of ether oxygens (including phenoxy) is 3. The first-order valence-corrected chi connectivity index (χ1v) is 15.7. The molecule has 0 atom stereocenters. The number of benzene rings is 2. The molecule has 2 fully saturated rings. The molecule has 2 amide bonds. The van der Waals surface area contributed by atoms with E-state index in [0.717, 1.165) is 52.0 Å². The van der Waals surface area contributed by atoms with Crippen molar-refractivity contribution < 1.29 is 28.6 Å². The predicted octanol–water partition coefficient (Wildman–Crippen LogP) is 5.26. The molecule has 1 aliphatic carbocycles. The molecule has 1 saturated carbocycles. The van der Waals surface area contributed by atoms with Crippen molar-refractivity contribution in [3.63, 3.8) is 0 Å². The van der Waals surface area contributed by atoms with Gasteiger partial charge in [-0.25, -0.2) is 4.79 Å². The van der Waals surface area contributed by atoms with Crippen LogP contribution in [0, 0.1) is 0 Å². The molecule has 0 aromatic heterocycles. The second-order valence-electron chi connectivity index (χ2n) is 11.6. The number of esters is 1. The lowest BCUT2D eigenvalue weighted by molar-refractivity contribution is 0.00194. The van der Waals surface area contributed by atoms with E-state index in [4.69, 9.17) is 9.47 Å². The van der Waals surface area contributed by atoms with Gasteiger partial charge in [0.15, 0.2) is 0 Å². The molecule has 1 aliphatic heterocycles. The highest BCUT2D eigenvalue weighted by Crippen LogP contribution is 2.33. The summed E-state index contributed by atoms with van der Waals surface area (Å²) in [5.41, 5.74) is 7.28. The molecule has 0 unspecified atom stereocenters. The number of rotatable bonds is 13. The lowest BCUT2D eigenvalue weighted by Gasteiger charge is -2.41. The molecule has 4 rings (SSSR count). The van der Waals surface area contributed by atoms with E-state index in [1.54, 1.807) is 7.11 Å². The Labute approximate surface area is 255 Å². The first kappa shape index (κ1) is 32.6. The number of hydrogen-bond acceptors (Lipinski definition) is 7. The number of nitrogens with zero attached hydrogens (tertiary/aromatic N) is 1. The van der Waals surface area contributed by atoms with Crippen LogP contribution in [0.25, 0.3) is 0 Å². The van der Waals surface area contributed by atoms with E-state index in [1.165, 1.54) is 75.5 Å². The van der Waals surface area contributed by atoms with Crippen LogP contribution in [-0.4, -0.2) is 75.4 Å². The van der Waals surface area contributed by atoms with Crippen LogP contribution in [0.1, 0.15) is 107 Å². The smallest absolute Gasteiger partial charge is 0.337 e. The molecule has 1 heterocycles. The zero-order valence-corrected chi connectivity index (χ0v) is 25.6. The maximum atomic E-state index is 12.6. The number of methoxy groups -OCH3 is 2. The third-order valence-corrected chi connectivity index (χ3v) is 8.79. The standard InChI is InChI=1S/C34H47N3O6/c1-41-23-5-3-4-6-24-43-31-17-15-30(16-18-31)37-21-19-26(20-22-37)25-7-9-27(10-8-25)32(38)35-36-33(39)28-11-13-29(14-12-28)34(40)42-2/h7-14,26,30-31H,3-6,15-24H2,1-2H3,(H,35,38)(H,36,39). The van der Waals surface area contributed by atoms with Gasteiger partial charge in [-0.15, -0.1) is 0 Å². The van der Waals surface area contributed by atoms with E-state index in [2.05, 4.69) is 20.5 Å². The van der Waals surface area contributed by atoms with Crippen molar-refractivity contribution in [3.05, 3.63) is 70.8 Å². The Morgan fingerprint density at radius 1 is 0.698 bits per heavy atom. The van der Waals surface area contributed by atoms with Crippen molar-refractivity contribution in [1.29, 1.82) is 0 Å². The lowest BCUT2D eigenvalue weighted by Crippen LogP contribution is -2.43. The third-order valence-electron chi connectivity index (χ3n) is 8.79. The minimum atomic E-state index is -0.478. The lowest BCUT2D eigenvalue weighted by atomic mass is 9.86. The monoisotopic (exact) mass is 593 g/mol. The van der Waals surface area contributed by atoms with E-state index >= 15 is 0 Å². The third kappa shape index (κ3) is 9.88. The SMILES string of the molecule is COCCCCCCOC1CCC(N2CCC(c3ccc(C(=O)NNC(=O)c4ccc(C(=O)OC)cc4)cc3)CC2)CC1. The average molecular weight is 594 g/mol. The van der Waals surface area contributed by atoms with Gasteiger partial charge in [0.05, 0.1) is 18.8 Å². The largest absolute Gasteiger partial charge is 0.465 e. The van der Waals surface area contributed by atoms with Crippen molar-refractivity contribution in [3.8, 4) is 0 Å². The van der Waals surface area contributed by atoms with Crippen molar-refractivity contribution in [2.75, 3.05) is 40.5 Å². The van der Waals surface area contributed by atoms with E-state index in [0.29, 0.717) is 34.8 Å². The first-order chi connectivity index (χ1) is 21.0. The van der Waals surface area contributed by atoms with Crippen LogP contribution >= 0.6 is 0 Å². The highest BCUT2D eigenvalue weighted by atomic mass is 16.5. The van der Waals surface area contributed by atoms with Crippen LogP contribution in [-0.2, 0) is 14.2 Å². The molecular weight excluding hydrogens is 546 g/mol. The summed E-state index contributed by atoms with van der Waals surface area (Å²) < 4.78 is 15.9. The van der Waals surface area contributed by atoms with Crippen LogP contribution in [0.2, 0.25) is 0 Å². The number of nitrogens with one attached hydrogen (secondary N) is 2. The molecule has 2 N–H and O–H groups in total. The molecule has 0 spiro atoms. The number of unbranched alkanes of at least 4 members (excludes halogenated alkanes) is 3. The van der Waals surface area contributed by atoms with Gasteiger partial charge >= 0.3 is 5.97 Å². The quantitative estimate of drug-likeness (QED) is 0.185. The molecule has 1 saturated heterocycles. The van der Waals surface area contributed by atoms with Crippen LogP contribution in [0.3, 0.4) is 0 Å². The summed E-state index contributed by atoms with van der Waals surface area (Å²) in [4.78, 5) is 39.2. The van der Waals surface area contributed by atoms with Crippen molar-refractivity contribution in [2.45, 2.75) is 82.3 Å². The zero-order chi connectivity index (χ0) is 30.4. The van der Waals surface area contributed by atoms with Crippen molar-refractivity contribution in [2.24, 2.45) is 0 Å². The highest BCUT2D eigenvalue weighted by molar-refractivity contribution is 5.99. The fourth-order valence-electron chi connectivity index (χ4n) is 6.17. The van der Waals surface area contributed by atoms with E-state index in [-0.39, 0.29) is 5.91 Å². The summed E-state index contributed by atoms with van der Waals surface area (Å²) in [5, 5.41) is 0. The van der Waals surface area contributed by atoms with E-state index in [9.17, 15) is 14.4 Å². The zero-order valence-electron chi connectivity index (χ0n) is 25.6. The van der Waals surface area contributed by atoms with Gasteiger partial charge < -0.3 is 19.1 Å². The Bertz CT molecular complexity index is 1150. The van der Waals surface area contributed by atoms with Gasteiger partial charge in [-0.1, -0.05) is 25.0 Å². The fourth-order valence-corrected chi connectivity index (χ4v) is 6.17. The van der Waals surface area contributed by atoms with Crippen LogP contribution in [0.5, 0.6) is 0 Å². The Kier molecular flexibility index (Phi) is 13.0. The van der Waals surface area contributed by atoms with Gasteiger partial charge in [-0.05, 0) is 112 Å². The van der Waals surface area contributed by atoms with Gasteiger partial charge in [0.25, 0.3) is 11.8 Å². The van der Waals surface area contributed by atoms with E-state index in [1.807, 2.05) is 24.3 Å². The second-order valence-corrected chi connectivity index (χ2v) is 11.6. The van der Waals surface area contributed by atoms with Crippen molar-refractivity contribution >= 4 is 17.8 Å². The molecule has 2 aromatic carbocycles. The number of carbonyl (C=O) groups excluding carboxylic acids is 3. The second kappa shape index (κ2) is 17.1. The molecule has 0 bridgehead atoms. The maximum Gasteiger partial charge on any atom is 0.337 e. The summed E-state index contributed by atoms with van der Waals surface area (Å²) >= 11 is 0. The number of hydrazine groups is 1. The van der Waals surface area contributed by atoms with Gasteiger partial charge in [0.2, 0.25) is 0 Å². The fraction of sp³-hybridized carbons (Fsp3) is 0.559. The molecule has 2 aliphatic rings. The highest BCUT2D eigenvalue weighted by Gasteiger charge is 2.29. The Morgan fingerprint density at radius 3 is 1.79 bits per heavy atom. The molecule has 9 heteroatoms. The molecule has 43 heavy (non-hydrogen) atoms. The number of likely N-dealkylation sites (tertiary alicyclic amines) is 1. The van der Waals surface area contributed by atoms with Gasteiger partial charge in [-0.3, -0.25) is 20.4 Å². The molecule has 0 radical (unpaired) electrons. The van der Waals surface area contributed by atoms with Gasteiger partial charge in [0, 0.05) is 37.5 Å². The van der Waals surface area contributed by atoms with E-state index < -0.39 is 11.9 Å². The first-order valence-electron chi connectivity index (χ1n) is 15.7. The normalized spacial score (nSPS) is 19.5. The molecule has 9 nitrogen and oxygen atoms in total. The summed E-state index contributed by atoms with van der Waals surface area (Å²) in [7, 11) is 3.06. The summed E-state index contributed by atoms with van der Waals surface area (Å²) in [6.45, 7) is 3.96. The summed E-state index contributed by atoms with van der Waals surface area (Å²) in [5.74, 6) is -0.848. The molecule has 234 valence electrons. The molecule has 2 aromatic rings. The number of hydrogen-bond donors (Lipinski definition) is 2. The number of piperidine rings is 1. The minimum Gasteiger partial charge on any atom is -0.465 e. The average Bonchev–Trinajstić information content (AvgIpc) is 3.06. The number of carbonyl (C=O) groups is 3. The Hall–Kier alpha value is -3.27.